The Morgan fingerprint density at radius 3 is 2.27 bits per heavy atom. The van der Waals surface area contributed by atoms with Crippen molar-refractivity contribution in [3.63, 3.8) is 0 Å². The molecule has 1 amide bonds. The molecule has 0 saturated heterocycles. The topological polar surface area (TPSA) is 123 Å². The number of azo groups is 1. The summed E-state index contributed by atoms with van der Waals surface area (Å²) in [6.45, 7) is 0. The number of amides is 1. The minimum atomic E-state index is -0.709. The fourth-order valence-corrected chi connectivity index (χ4v) is 2.49. The highest BCUT2D eigenvalue weighted by Crippen LogP contribution is 2.20. The number of halogens is 1. The van der Waals surface area contributed by atoms with Crippen molar-refractivity contribution in [1.82, 2.24) is 0 Å². The lowest BCUT2D eigenvalue weighted by Gasteiger charge is -2.06. The van der Waals surface area contributed by atoms with Crippen LogP contribution in [0.15, 0.2) is 83.0 Å². The zero-order valence-corrected chi connectivity index (χ0v) is 15.9. The summed E-state index contributed by atoms with van der Waals surface area (Å²) >= 11 is 5.95. The molecule has 0 bridgehead atoms. The number of nitrogens with one attached hydrogen (secondary N) is 1. The Balaban J connectivity index is 1.56. The molecule has 10 heteroatoms. The fraction of sp³-hybridized carbons (Fsp3) is 0. The summed E-state index contributed by atoms with van der Waals surface area (Å²) in [5.74, 6) is -1.28. The zero-order chi connectivity index (χ0) is 21.5. The van der Waals surface area contributed by atoms with Gasteiger partial charge in [-0.1, -0.05) is 23.7 Å². The molecule has 0 heterocycles. The minimum Gasteiger partial charge on any atom is -0.338 e. The second-order valence-corrected chi connectivity index (χ2v) is 6.23. The van der Waals surface area contributed by atoms with Crippen LogP contribution in [0, 0.1) is 10.1 Å². The first-order valence-electron chi connectivity index (χ1n) is 8.46. The maximum atomic E-state index is 12.0. The van der Waals surface area contributed by atoms with Crippen molar-refractivity contribution >= 4 is 40.5 Å². The number of nitro groups is 1. The summed E-state index contributed by atoms with van der Waals surface area (Å²) in [5, 5.41) is 18.4. The SMILES string of the molecule is O=C(ONc1ccc(N=NC(=O)c2ccccc2Cl)cc1)c1ccc([N+](=O)[O-])cc1. The number of nitrogens with zero attached hydrogens (tertiary/aromatic N) is 3. The third kappa shape index (κ3) is 5.24. The molecule has 3 rings (SSSR count). The molecule has 30 heavy (non-hydrogen) atoms. The number of rotatable bonds is 6. The number of carbonyl (C=O) groups is 2. The van der Waals surface area contributed by atoms with Gasteiger partial charge in [-0.2, -0.15) is 0 Å². The van der Waals surface area contributed by atoms with Gasteiger partial charge in [-0.15, -0.1) is 10.2 Å². The van der Waals surface area contributed by atoms with E-state index in [1.807, 2.05) is 0 Å². The van der Waals surface area contributed by atoms with Crippen LogP contribution in [0.2, 0.25) is 5.02 Å². The average molecular weight is 425 g/mol. The third-order valence-corrected chi connectivity index (χ3v) is 4.13. The first-order chi connectivity index (χ1) is 14.4. The minimum absolute atomic E-state index is 0.128. The zero-order valence-electron chi connectivity index (χ0n) is 15.2. The Labute approximate surface area is 175 Å². The van der Waals surface area contributed by atoms with Gasteiger partial charge in [0.2, 0.25) is 0 Å². The summed E-state index contributed by atoms with van der Waals surface area (Å²) in [6, 6.07) is 17.8. The molecule has 0 aliphatic rings. The molecule has 0 aliphatic carbocycles. The van der Waals surface area contributed by atoms with Crippen molar-refractivity contribution in [2.75, 3.05) is 5.48 Å². The summed E-state index contributed by atoms with van der Waals surface area (Å²) < 4.78 is 0. The largest absolute Gasteiger partial charge is 0.362 e. The van der Waals surface area contributed by atoms with Crippen LogP contribution in [-0.2, 0) is 4.84 Å². The predicted molar refractivity (Wildman–Crippen MR) is 109 cm³/mol. The number of benzene rings is 3. The molecule has 3 aromatic carbocycles. The average Bonchev–Trinajstić information content (AvgIpc) is 2.77. The van der Waals surface area contributed by atoms with E-state index < -0.39 is 16.8 Å². The lowest BCUT2D eigenvalue weighted by Crippen LogP contribution is -2.10. The van der Waals surface area contributed by atoms with E-state index in [-0.39, 0.29) is 21.8 Å². The molecule has 0 fully saturated rings. The van der Waals surface area contributed by atoms with E-state index in [4.69, 9.17) is 16.4 Å². The van der Waals surface area contributed by atoms with E-state index in [1.165, 1.54) is 24.3 Å². The predicted octanol–water partition coefficient (Wildman–Crippen LogP) is 5.36. The molecular formula is C20H13ClN4O5. The van der Waals surface area contributed by atoms with Gasteiger partial charge in [0.05, 0.1) is 32.4 Å². The van der Waals surface area contributed by atoms with Gasteiger partial charge >= 0.3 is 5.97 Å². The third-order valence-electron chi connectivity index (χ3n) is 3.80. The van der Waals surface area contributed by atoms with Gasteiger partial charge in [-0.25, -0.2) is 10.3 Å². The van der Waals surface area contributed by atoms with Crippen molar-refractivity contribution < 1.29 is 19.3 Å². The van der Waals surface area contributed by atoms with E-state index in [1.54, 1.807) is 48.5 Å². The summed E-state index contributed by atoms with van der Waals surface area (Å²) in [4.78, 5) is 39.0. The van der Waals surface area contributed by atoms with Gasteiger partial charge in [-0.3, -0.25) is 14.9 Å². The number of hydrogen-bond donors (Lipinski definition) is 1. The molecule has 9 nitrogen and oxygen atoms in total. The second-order valence-electron chi connectivity index (χ2n) is 5.83. The van der Waals surface area contributed by atoms with Crippen LogP contribution >= 0.6 is 11.6 Å². The van der Waals surface area contributed by atoms with Crippen LogP contribution in [0.3, 0.4) is 0 Å². The fourth-order valence-electron chi connectivity index (χ4n) is 2.27. The van der Waals surface area contributed by atoms with Crippen molar-refractivity contribution in [2.24, 2.45) is 10.2 Å². The molecule has 0 saturated carbocycles. The van der Waals surface area contributed by atoms with Crippen molar-refractivity contribution in [1.29, 1.82) is 0 Å². The highest BCUT2D eigenvalue weighted by Gasteiger charge is 2.11. The number of non-ortho nitro benzene ring substituents is 1. The van der Waals surface area contributed by atoms with Gasteiger partial charge < -0.3 is 4.84 Å². The van der Waals surface area contributed by atoms with Crippen LogP contribution in [0.4, 0.5) is 17.1 Å². The van der Waals surface area contributed by atoms with Crippen LogP contribution in [0.5, 0.6) is 0 Å². The Hall–Kier alpha value is -4.11. The highest BCUT2D eigenvalue weighted by atomic mass is 35.5. The smallest absolute Gasteiger partial charge is 0.338 e. The second kappa shape index (κ2) is 9.39. The summed E-state index contributed by atoms with van der Waals surface area (Å²) in [6.07, 6.45) is 0. The van der Waals surface area contributed by atoms with Crippen LogP contribution in [0.1, 0.15) is 20.7 Å². The van der Waals surface area contributed by atoms with E-state index in [0.29, 0.717) is 11.4 Å². The highest BCUT2D eigenvalue weighted by molar-refractivity contribution is 6.33. The molecule has 0 spiro atoms. The summed E-state index contributed by atoms with van der Waals surface area (Å²) in [5.41, 5.74) is 3.59. The van der Waals surface area contributed by atoms with Crippen LogP contribution < -0.4 is 5.48 Å². The van der Waals surface area contributed by atoms with Gasteiger partial charge in [0.15, 0.2) is 0 Å². The standard InChI is InChI=1S/C20H13ClN4O5/c21-18-4-2-1-3-17(18)19(26)23-22-14-7-9-15(10-8-14)24-30-20(27)13-5-11-16(12-6-13)25(28)29/h1-12,24H. The number of carbonyl (C=O) groups excluding carboxylic acids is 2. The molecule has 0 radical (unpaired) electrons. The molecule has 0 atom stereocenters. The molecule has 0 aliphatic heterocycles. The van der Waals surface area contributed by atoms with Crippen LogP contribution in [-0.4, -0.2) is 16.8 Å². The van der Waals surface area contributed by atoms with E-state index in [9.17, 15) is 19.7 Å². The van der Waals surface area contributed by atoms with E-state index >= 15 is 0 Å². The molecule has 1 N–H and O–H groups in total. The first-order valence-corrected chi connectivity index (χ1v) is 8.84. The van der Waals surface area contributed by atoms with Gasteiger partial charge in [-0.05, 0) is 48.5 Å². The quantitative estimate of drug-likeness (QED) is 0.323. The van der Waals surface area contributed by atoms with Crippen molar-refractivity contribution in [3.05, 3.63) is 99.1 Å². The maximum absolute atomic E-state index is 12.0. The van der Waals surface area contributed by atoms with E-state index in [2.05, 4.69) is 15.7 Å². The molecule has 150 valence electrons. The Kier molecular flexibility index (Phi) is 6.46. The monoisotopic (exact) mass is 424 g/mol. The van der Waals surface area contributed by atoms with Crippen molar-refractivity contribution in [3.8, 4) is 0 Å². The molecule has 0 unspecified atom stereocenters. The van der Waals surface area contributed by atoms with Gasteiger partial charge in [0.25, 0.3) is 11.6 Å². The van der Waals surface area contributed by atoms with Crippen LogP contribution in [0.25, 0.3) is 0 Å². The Morgan fingerprint density at radius 1 is 0.967 bits per heavy atom. The normalized spacial score (nSPS) is 10.6. The number of anilines is 1. The molecule has 0 aromatic heterocycles. The lowest BCUT2D eigenvalue weighted by molar-refractivity contribution is -0.384. The maximum Gasteiger partial charge on any atom is 0.362 e. The first kappa shape index (κ1) is 20.6. The number of hydrogen-bond acceptors (Lipinski definition) is 7. The van der Waals surface area contributed by atoms with Gasteiger partial charge in [0.1, 0.15) is 0 Å². The Morgan fingerprint density at radius 2 is 1.63 bits per heavy atom. The van der Waals surface area contributed by atoms with Crippen molar-refractivity contribution in [2.45, 2.75) is 0 Å². The van der Waals surface area contributed by atoms with E-state index in [0.717, 1.165) is 0 Å². The lowest BCUT2D eigenvalue weighted by atomic mass is 10.2. The molecule has 3 aromatic rings. The Bertz CT molecular complexity index is 1110. The summed E-state index contributed by atoms with van der Waals surface area (Å²) in [7, 11) is 0. The molecular weight excluding hydrogens is 412 g/mol. The van der Waals surface area contributed by atoms with Gasteiger partial charge in [0, 0.05) is 12.1 Å². The number of nitro benzene ring substituents is 1.